The minimum absolute atomic E-state index is 0.211. The van der Waals surface area contributed by atoms with Crippen molar-refractivity contribution in [3.8, 4) is 0 Å². The smallest absolute Gasteiger partial charge is 0.0947 e. The summed E-state index contributed by atoms with van der Waals surface area (Å²) in [5.74, 6) is 1.46. The standard InChI is InChI=1S/C12H25N3/c1-3-11-5-4-7-15(8-6-11)9-10(2)12(13)14/h10-11H,3-9H2,1-2H3,(H3,13,14). The molecule has 1 aliphatic heterocycles. The Balaban J connectivity index is 2.34. The molecule has 3 nitrogen and oxygen atoms in total. The highest BCUT2D eigenvalue weighted by Crippen LogP contribution is 2.20. The summed E-state index contributed by atoms with van der Waals surface area (Å²) in [6, 6.07) is 0. The van der Waals surface area contributed by atoms with E-state index in [1.165, 1.54) is 38.8 Å². The lowest BCUT2D eigenvalue weighted by atomic mass is 9.98. The van der Waals surface area contributed by atoms with Crippen molar-refractivity contribution in [2.75, 3.05) is 19.6 Å². The molecule has 0 radical (unpaired) electrons. The van der Waals surface area contributed by atoms with E-state index in [0.29, 0.717) is 5.84 Å². The topological polar surface area (TPSA) is 53.1 Å². The van der Waals surface area contributed by atoms with E-state index in [1.54, 1.807) is 0 Å². The maximum atomic E-state index is 7.40. The number of hydrogen-bond acceptors (Lipinski definition) is 2. The third-order valence-corrected chi connectivity index (χ3v) is 3.58. The Morgan fingerprint density at radius 2 is 2.20 bits per heavy atom. The van der Waals surface area contributed by atoms with Gasteiger partial charge in [-0.3, -0.25) is 5.41 Å². The first-order chi connectivity index (χ1) is 7.13. The maximum Gasteiger partial charge on any atom is 0.0947 e. The van der Waals surface area contributed by atoms with Gasteiger partial charge in [-0.05, 0) is 38.3 Å². The number of nitrogens with one attached hydrogen (secondary N) is 1. The molecule has 0 aromatic heterocycles. The molecule has 1 rings (SSSR count). The Morgan fingerprint density at radius 3 is 2.80 bits per heavy atom. The van der Waals surface area contributed by atoms with Crippen LogP contribution in [-0.2, 0) is 0 Å². The van der Waals surface area contributed by atoms with Gasteiger partial charge >= 0.3 is 0 Å². The predicted molar refractivity (Wildman–Crippen MR) is 65.2 cm³/mol. The number of likely N-dealkylation sites (tertiary alicyclic amines) is 1. The summed E-state index contributed by atoms with van der Waals surface area (Å²) < 4.78 is 0. The second-order valence-electron chi connectivity index (χ2n) is 4.86. The van der Waals surface area contributed by atoms with Crippen molar-refractivity contribution in [1.82, 2.24) is 4.90 Å². The van der Waals surface area contributed by atoms with Crippen molar-refractivity contribution in [3.05, 3.63) is 0 Å². The van der Waals surface area contributed by atoms with Crippen LogP contribution in [0.15, 0.2) is 0 Å². The first-order valence-corrected chi connectivity index (χ1v) is 6.19. The van der Waals surface area contributed by atoms with Crippen molar-refractivity contribution in [1.29, 1.82) is 5.41 Å². The molecule has 88 valence electrons. The average molecular weight is 211 g/mol. The highest BCUT2D eigenvalue weighted by Gasteiger charge is 2.17. The zero-order valence-corrected chi connectivity index (χ0v) is 10.1. The summed E-state index contributed by atoms with van der Waals surface area (Å²) in [7, 11) is 0. The number of nitrogens with zero attached hydrogens (tertiary/aromatic N) is 1. The SMILES string of the molecule is CCC1CCCN(CC(C)C(=N)N)CC1. The summed E-state index contributed by atoms with van der Waals surface area (Å²) in [6.07, 6.45) is 5.32. The fraction of sp³-hybridized carbons (Fsp3) is 0.917. The third kappa shape index (κ3) is 4.20. The molecule has 0 aromatic rings. The summed E-state index contributed by atoms with van der Waals surface area (Å²) >= 11 is 0. The van der Waals surface area contributed by atoms with Gasteiger partial charge in [-0.25, -0.2) is 0 Å². The van der Waals surface area contributed by atoms with Crippen molar-refractivity contribution in [2.45, 2.75) is 39.5 Å². The van der Waals surface area contributed by atoms with Gasteiger partial charge in [0.05, 0.1) is 5.84 Å². The average Bonchev–Trinajstić information content (AvgIpc) is 2.43. The van der Waals surface area contributed by atoms with Crippen molar-refractivity contribution in [3.63, 3.8) is 0 Å². The second kappa shape index (κ2) is 6.11. The van der Waals surface area contributed by atoms with E-state index < -0.39 is 0 Å². The van der Waals surface area contributed by atoms with Crippen LogP contribution in [0.1, 0.15) is 39.5 Å². The van der Waals surface area contributed by atoms with E-state index >= 15 is 0 Å². The Morgan fingerprint density at radius 1 is 1.47 bits per heavy atom. The van der Waals surface area contributed by atoms with Gasteiger partial charge in [-0.1, -0.05) is 20.3 Å². The van der Waals surface area contributed by atoms with Crippen LogP contribution < -0.4 is 5.73 Å². The molecule has 15 heavy (non-hydrogen) atoms. The maximum absolute atomic E-state index is 7.40. The Bertz CT molecular complexity index is 203. The van der Waals surface area contributed by atoms with Gasteiger partial charge in [0.2, 0.25) is 0 Å². The van der Waals surface area contributed by atoms with E-state index in [-0.39, 0.29) is 5.92 Å². The van der Waals surface area contributed by atoms with Gasteiger partial charge in [0.1, 0.15) is 0 Å². The molecule has 0 saturated carbocycles. The van der Waals surface area contributed by atoms with Gasteiger partial charge < -0.3 is 10.6 Å². The lowest BCUT2D eigenvalue weighted by molar-refractivity contribution is 0.264. The van der Waals surface area contributed by atoms with E-state index in [4.69, 9.17) is 11.1 Å². The van der Waals surface area contributed by atoms with Crippen LogP contribution >= 0.6 is 0 Å². The van der Waals surface area contributed by atoms with Gasteiger partial charge in [-0.2, -0.15) is 0 Å². The van der Waals surface area contributed by atoms with E-state index in [0.717, 1.165) is 12.5 Å². The summed E-state index contributed by atoms with van der Waals surface area (Å²) in [5.41, 5.74) is 5.50. The lowest BCUT2D eigenvalue weighted by Gasteiger charge is -2.23. The molecule has 0 spiro atoms. The number of nitrogens with two attached hydrogens (primary N) is 1. The molecule has 0 amide bonds. The highest BCUT2D eigenvalue weighted by molar-refractivity contribution is 5.79. The molecule has 0 aromatic carbocycles. The summed E-state index contributed by atoms with van der Waals surface area (Å²) in [4.78, 5) is 2.47. The molecule has 3 heteroatoms. The molecule has 1 saturated heterocycles. The molecule has 2 unspecified atom stereocenters. The van der Waals surface area contributed by atoms with Crippen LogP contribution in [0.2, 0.25) is 0 Å². The quantitative estimate of drug-likeness (QED) is 0.552. The summed E-state index contributed by atoms with van der Waals surface area (Å²) in [6.45, 7) is 7.68. The van der Waals surface area contributed by atoms with Crippen LogP contribution in [0.25, 0.3) is 0 Å². The monoisotopic (exact) mass is 211 g/mol. The second-order valence-corrected chi connectivity index (χ2v) is 4.86. The van der Waals surface area contributed by atoms with Gasteiger partial charge in [0, 0.05) is 12.5 Å². The molecule has 3 N–H and O–H groups in total. The highest BCUT2D eigenvalue weighted by atomic mass is 15.1. The van der Waals surface area contributed by atoms with Crippen molar-refractivity contribution < 1.29 is 0 Å². The molecular formula is C12H25N3. The third-order valence-electron chi connectivity index (χ3n) is 3.58. The molecular weight excluding hydrogens is 186 g/mol. The molecule has 2 atom stereocenters. The van der Waals surface area contributed by atoms with Crippen LogP contribution in [-0.4, -0.2) is 30.4 Å². The van der Waals surface area contributed by atoms with Crippen molar-refractivity contribution in [2.24, 2.45) is 17.6 Å². The van der Waals surface area contributed by atoms with Crippen molar-refractivity contribution >= 4 is 5.84 Å². The number of amidine groups is 1. The molecule has 1 heterocycles. The summed E-state index contributed by atoms with van der Waals surface area (Å²) in [5, 5.41) is 7.40. The largest absolute Gasteiger partial charge is 0.387 e. The van der Waals surface area contributed by atoms with Crippen LogP contribution in [0, 0.1) is 17.2 Å². The molecule has 0 aliphatic carbocycles. The molecule has 0 bridgehead atoms. The van der Waals surface area contributed by atoms with E-state index in [9.17, 15) is 0 Å². The van der Waals surface area contributed by atoms with E-state index in [2.05, 4.69) is 11.8 Å². The minimum Gasteiger partial charge on any atom is -0.387 e. The Labute approximate surface area is 93.5 Å². The lowest BCUT2D eigenvalue weighted by Crippen LogP contribution is -2.35. The minimum atomic E-state index is 0.211. The number of rotatable bonds is 4. The fourth-order valence-corrected chi connectivity index (χ4v) is 2.30. The molecule has 1 aliphatic rings. The Kier molecular flexibility index (Phi) is 5.09. The zero-order chi connectivity index (χ0) is 11.3. The van der Waals surface area contributed by atoms with Gasteiger partial charge in [0.15, 0.2) is 0 Å². The first kappa shape index (κ1) is 12.5. The van der Waals surface area contributed by atoms with Crippen LogP contribution in [0.4, 0.5) is 0 Å². The normalized spacial score (nSPS) is 25.9. The number of hydrogen-bond donors (Lipinski definition) is 2. The van der Waals surface area contributed by atoms with Crippen LogP contribution in [0.5, 0.6) is 0 Å². The van der Waals surface area contributed by atoms with Gasteiger partial charge in [0.25, 0.3) is 0 Å². The fourth-order valence-electron chi connectivity index (χ4n) is 2.30. The first-order valence-electron chi connectivity index (χ1n) is 6.19. The Hall–Kier alpha value is -0.570. The predicted octanol–water partition coefficient (Wildman–Crippen LogP) is 2.07. The van der Waals surface area contributed by atoms with E-state index in [1.807, 2.05) is 6.92 Å². The molecule has 1 fully saturated rings. The van der Waals surface area contributed by atoms with Gasteiger partial charge in [-0.15, -0.1) is 0 Å². The van der Waals surface area contributed by atoms with Crippen LogP contribution in [0.3, 0.4) is 0 Å². The zero-order valence-electron chi connectivity index (χ0n) is 10.1.